The minimum atomic E-state index is -0.681. The highest BCUT2D eigenvalue weighted by Gasteiger charge is 2.36. The van der Waals surface area contributed by atoms with E-state index >= 15 is 0 Å². The third-order valence-electron chi connectivity index (χ3n) is 5.57. The summed E-state index contributed by atoms with van der Waals surface area (Å²) in [5.74, 6) is -1.76. The number of rotatable bonds is 11. The molecule has 9 nitrogen and oxygen atoms in total. The Balaban J connectivity index is 1.47. The molecule has 0 unspecified atom stereocenters. The van der Waals surface area contributed by atoms with Crippen molar-refractivity contribution >= 4 is 35.1 Å². The molecule has 2 aromatic rings. The number of unbranched alkanes of at least 4 members (excludes halogenated alkanes) is 2. The SMILES string of the molecule is CCCCCOC(=O)c1ccc(N2C[C@@H](C(=O)OCC(=O)Nc3ccc(OC)cc3)CC2=O)cc1. The number of esters is 2. The molecule has 1 N–H and O–H groups in total. The number of carbonyl (C=O) groups is 4. The molecule has 2 aromatic carbocycles. The number of carbonyl (C=O) groups excluding carboxylic acids is 4. The zero-order chi connectivity index (χ0) is 25.2. The van der Waals surface area contributed by atoms with Crippen LogP contribution in [0.1, 0.15) is 43.0 Å². The van der Waals surface area contributed by atoms with Crippen molar-refractivity contribution in [3.63, 3.8) is 0 Å². The first-order chi connectivity index (χ1) is 16.9. The minimum Gasteiger partial charge on any atom is -0.497 e. The molecule has 0 radical (unpaired) electrons. The zero-order valence-electron chi connectivity index (χ0n) is 20.0. The maximum absolute atomic E-state index is 12.5. The first kappa shape index (κ1) is 25.7. The van der Waals surface area contributed by atoms with Crippen LogP contribution in [0.5, 0.6) is 5.75 Å². The summed E-state index contributed by atoms with van der Waals surface area (Å²) in [5.41, 5.74) is 1.52. The highest BCUT2D eigenvalue weighted by atomic mass is 16.5. The third kappa shape index (κ3) is 7.30. The molecule has 1 aliphatic heterocycles. The van der Waals surface area contributed by atoms with Crippen LogP contribution in [0.25, 0.3) is 0 Å². The normalized spacial score (nSPS) is 15.0. The van der Waals surface area contributed by atoms with E-state index in [2.05, 4.69) is 12.2 Å². The van der Waals surface area contributed by atoms with Crippen molar-refractivity contribution in [3.8, 4) is 5.75 Å². The number of benzene rings is 2. The number of hydrogen-bond donors (Lipinski definition) is 1. The molecule has 1 heterocycles. The van der Waals surface area contributed by atoms with Crippen LogP contribution in [0.3, 0.4) is 0 Å². The maximum atomic E-state index is 12.5. The number of nitrogens with one attached hydrogen (secondary N) is 1. The smallest absolute Gasteiger partial charge is 0.338 e. The van der Waals surface area contributed by atoms with Gasteiger partial charge >= 0.3 is 11.9 Å². The van der Waals surface area contributed by atoms with E-state index in [1.165, 1.54) is 4.90 Å². The van der Waals surface area contributed by atoms with E-state index in [1.807, 2.05) is 0 Å². The summed E-state index contributed by atoms with van der Waals surface area (Å²) in [6.07, 6.45) is 2.85. The number of methoxy groups -OCH3 is 1. The monoisotopic (exact) mass is 482 g/mol. The van der Waals surface area contributed by atoms with Crippen LogP contribution >= 0.6 is 0 Å². The highest BCUT2D eigenvalue weighted by Crippen LogP contribution is 2.26. The lowest BCUT2D eigenvalue weighted by atomic mass is 10.1. The topological polar surface area (TPSA) is 111 Å². The average molecular weight is 483 g/mol. The number of amides is 2. The molecule has 1 saturated heterocycles. The molecule has 0 saturated carbocycles. The van der Waals surface area contributed by atoms with Gasteiger partial charge in [-0.2, -0.15) is 0 Å². The van der Waals surface area contributed by atoms with E-state index in [0.717, 1.165) is 19.3 Å². The summed E-state index contributed by atoms with van der Waals surface area (Å²) in [7, 11) is 1.54. The van der Waals surface area contributed by atoms with Gasteiger partial charge in [0.25, 0.3) is 5.91 Å². The van der Waals surface area contributed by atoms with E-state index in [1.54, 1.807) is 55.6 Å². The fourth-order valence-corrected chi connectivity index (χ4v) is 3.62. The van der Waals surface area contributed by atoms with Crippen molar-refractivity contribution in [1.82, 2.24) is 0 Å². The summed E-state index contributed by atoms with van der Waals surface area (Å²) < 4.78 is 15.4. The molecule has 1 fully saturated rings. The van der Waals surface area contributed by atoms with E-state index in [9.17, 15) is 19.2 Å². The second kappa shape index (κ2) is 12.5. The lowest BCUT2D eigenvalue weighted by Crippen LogP contribution is -2.28. The predicted octanol–water partition coefficient (Wildman–Crippen LogP) is 3.58. The predicted molar refractivity (Wildman–Crippen MR) is 129 cm³/mol. The summed E-state index contributed by atoms with van der Waals surface area (Å²) >= 11 is 0. The molecular weight excluding hydrogens is 452 g/mol. The van der Waals surface area contributed by atoms with Crippen LogP contribution in [-0.2, 0) is 23.9 Å². The van der Waals surface area contributed by atoms with Crippen molar-refractivity contribution < 1.29 is 33.4 Å². The van der Waals surface area contributed by atoms with Crippen LogP contribution in [0.15, 0.2) is 48.5 Å². The number of ether oxygens (including phenoxy) is 3. The third-order valence-corrected chi connectivity index (χ3v) is 5.57. The molecule has 9 heteroatoms. The Morgan fingerprint density at radius 3 is 2.37 bits per heavy atom. The molecule has 1 aliphatic rings. The van der Waals surface area contributed by atoms with Crippen molar-refractivity contribution in [2.75, 3.05) is 37.1 Å². The van der Waals surface area contributed by atoms with Gasteiger partial charge in [0.05, 0.1) is 25.2 Å². The van der Waals surface area contributed by atoms with Gasteiger partial charge in [-0.25, -0.2) is 4.79 Å². The number of hydrogen-bond acceptors (Lipinski definition) is 7. The molecule has 0 aromatic heterocycles. The van der Waals surface area contributed by atoms with Gasteiger partial charge in [-0.1, -0.05) is 19.8 Å². The molecule has 3 rings (SSSR count). The van der Waals surface area contributed by atoms with E-state index in [0.29, 0.717) is 29.3 Å². The van der Waals surface area contributed by atoms with E-state index in [4.69, 9.17) is 14.2 Å². The van der Waals surface area contributed by atoms with Gasteiger partial charge in [0.2, 0.25) is 5.91 Å². The Bertz CT molecular complexity index is 1030. The number of anilines is 2. The fourth-order valence-electron chi connectivity index (χ4n) is 3.62. The summed E-state index contributed by atoms with van der Waals surface area (Å²) in [4.78, 5) is 50.6. The molecule has 0 bridgehead atoms. The fraction of sp³-hybridized carbons (Fsp3) is 0.385. The zero-order valence-corrected chi connectivity index (χ0v) is 20.0. The highest BCUT2D eigenvalue weighted by molar-refractivity contribution is 6.00. The van der Waals surface area contributed by atoms with Gasteiger partial charge in [-0.15, -0.1) is 0 Å². The van der Waals surface area contributed by atoms with Crippen molar-refractivity contribution in [1.29, 1.82) is 0 Å². The Hall–Kier alpha value is -3.88. The molecular formula is C26H30N2O7. The van der Waals surface area contributed by atoms with Crippen LogP contribution in [0.2, 0.25) is 0 Å². The molecule has 0 aliphatic carbocycles. The summed E-state index contributed by atoms with van der Waals surface area (Å²) in [6.45, 7) is 2.13. The Kier molecular flexibility index (Phi) is 9.23. The molecule has 186 valence electrons. The molecule has 0 spiro atoms. The second-order valence-corrected chi connectivity index (χ2v) is 8.18. The summed E-state index contributed by atoms with van der Waals surface area (Å²) in [6, 6.07) is 13.2. The first-order valence-electron chi connectivity index (χ1n) is 11.6. The van der Waals surface area contributed by atoms with Crippen LogP contribution in [-0.4, -0.2) is 50.6 Å². The summed E-state index contributed by atoms with van der Waals surface area (Å²) in [5, 5.41) is 2.63. The quantitative estimate of drug-likeness (QED) is 0.385. The lowest BCUT2D eigenvalue weighted by Gasteiger charge is -2.17. The van der Waals surface area contributed by atoms with E-state index < -0.39 is 30.4 Å². The largest absolute Gasteiger partial charge is 0.497 e. The van der Waals surface area contributed by atoms with Crippen molar-refractivity contribution in [2.45, 2.75) is 32.6 Å². The number of nitrogens with zero attached hydrogens (tertiary/aromatic N) is 1. The van der Waals surface area contributed by atoms with Gasteiger partial charge in [0.1, 0.15) is 5.75 Å². The van der Waals surface area contributed by atoms with Crippen LogP contribution < -0.4 is 15.0 Å². The second-order valence-electron chi connectivity index (χ2n) is 8.18. The van der Waals surface area contributed by atoms with Gasteiger partial charge in [-0.05, 0) is 55.0 Å². The Morgan fingerprint density at radius 2 is 1.71 bits per heavy atom. The molecule has 2 amide bonds. The van der Waals surface area contributed by atoms with Gasteiger partial charge in [0, 0.05) is 24.3 Å². The average Bonchev–Trinajstić information content (AvgIpc) is 3.27. The van der Waals surface area contributed by atoms with E-state index in [-0.39, 0.29) is 18.9 Å². The minimum absolute atomic E-state index is 0.0137. The molecule has 35 heavy (non-hydrogen) atoms. The van der Waals surface area contributed by atoms with Gasteiger partial charge < -0.3 is 24.4 Å². The van der Waals surface area contributed by atoms with Crippen LogP contribution in [0.4, 0.5) is 11.4 Å². The Morgan fingerprint density at radius 1 is 1.00 bits per heavy atom. The van der Waals surface area contributed by atoms with Crippen molar-refractivity contribution in [2.24, 2.45) is 5.92 Å². The standard InChI is InChI=1S/C26H30N2O7/c1-3-4-5-14-34-25(31)18-6-10-21(11-7-18)28-16-19(15-24(28)30)26(32)35-17-23(29)27-20-8-12-22(33-2)13-9-20/h6-13,19H,3-5,14-17H2,1-2H3,(H,27,29)/t19-/m0/s1. The van der Waals surface area contributed by atoms with Gasteiger partial charge in [0.15, 0.2) is 6.61 Å². The first-order valence-corrected chi connectivity index (χ1v) is 11.6. The van der Waals surface area contributed by atoms with Crippen molar-refractivity contribution in [3.05, 3.63) is 54.1 Å². The molecule has 1 atom stereocenters. The van der Waals surface area contributed by atoms with Crippen LogP contribution in [0, 0.1) is 5.92 Å². The van der Waals surface area contributed by atoms with Gasteiger partial charge in [-0.3, -0.25) is 14.4 Å². The lowest BCUT2D eigenvalue weighted by molar-refractivity contribution is -0.151. The Labute approximate surface area is 204 Å². The maximum Gasteiger partial charge on any atom is 0.338 e.